The van der Waals surface area contributed by atoms with Crippen molar-refractivity contribution in [3.05, 3.63) is 85.0 Å². The van der Waals surface area contributed by atoms with Crippen molar-refractivity contribution in [3.8, 4) is 0 Å². The molecular weight excluding hydrogens is 625 g/mol. The van der Waals surface area contributed by atoms with E-state index >= 15 is 0 Å². The largest absolute Gasteiger partial charge is 0.407 e. The maximum absolute atomic E-state index is 12.3. The number of hydrogen-bond donors (Lipinski definition) is 0. The van der Waals surface area contributed by atoms with Gasteiger partial charge in [0, 0.05) is 19.4 Å². The van der Waals surface area contributed by atoms with Gasteiger partial charge in [-0.05, 0) is 66.8 Å². The number of rotatable bonds is 31. The summed E-state index contributed by atoms with van der Waals surface area (Å²) < 4.78 is 7.05. The van der Waals surface area contributed by atoms with Crippen molar-refractivity contribution >= 4 is 24.5 Å². The number of benzene rings is 2. The fourth-order valence-electron chi connectivity index (χ4n) is 7.26. The molecule has 0 aliphatic carbocycles. The molecule has 0 N–H and O–H groups in total. The van der Waals surface area contributed by atoms with Crippen LogP contribution in [0.2, 0.25) is 5.04 Å². The Morgan fingerprint density at radius 2 is 0.940 bits per heavy atom. The minimum absolute atomic E-state index is 0.0472. The minimum atomic E-state index is -2.40. The zero-order chi connectivity index (χ0) is 36.0. The summed E-state index contributed by atoms with van der Waals surface area (Å²) in [5.74, 6) is 0.494. The van der Waals surface area contributed by atoms with E-state index in [9.17, 15) is 4.79 Å². The van der Waals surface area contributed by atoms with Crippen molar-refractivity contribution in [2.24, 2.45) is 0 Å². The van der Waals surface area contributed by atoms with Crippen LogP contribution in [0.25, 0.3) is 0 Å². The van der Waals surface area contributed by atoms with Gasteiger partial charge in [0.05, 0.1) is 0 Å². The molecule has 2 aromatic carbocycles. The Bertz CT molecular complexity index is 1090. The number of carbonyl (C=O) groups is 1. The van der Waals surface area contributed by atoms with Crippen LogP contribution in [0.5, 0.6) is 0 Å². The third-order valence-electron chi connectivity index (χ3n) is 10.2. The smallest absolute Gasteiger partial charge is 0.261 e. The molecule has 0 aromatic heterocycles. The molecule has 0 radical (unpaired) electrons. The van der Waals surface area contributed by atoms with Gasteiger partial charge in [-0.1, -0.05) is 203 Å². The Hall–Kier alpha value is -2.23. The molecule has 0 aliphatic rings. The van der Waals surface area contributed by atoms with Gasteiger partial charge in [-0.25, -0.2) is 0 Å². The molecule has 280 valence electrons. The van der Waals surface area contributed by atoms with Gasteiger partial charge < -0.3 is 4.43 Å². The molecule has 0 heterocycles. The van der Waals surface area contributed by atoms with Gasteiger partial charge in [0.2, 0.25) is 0 Å². The molecule has 0 amide bonds. The predicted molar refractivity (Wildman–Crippen MR) is 223 cm³/mol. The number of hydrogen-bond acceptors (Lipinski definition) is 2. The van der Waals surface area contributed by atoms with Crippen LogP contribution >= 0.6 is 0 Å². The number of carbonyl (C=O) groups excluding carboxylic acids is 1. The fraction of sp³-hybridized carbons (Fsp3) is 0.638. The predicted octanol–water partition coefficient (Wildman–Crippen LogP) is 13.6. The van der Waals surface area contributed by atoms with E-state index in [1.54, 1.807) is 0 Å². The van der Waals surface area contributed by atoms with Crippen LogP contribution in [-0.2, 0) is 9.22 Å². The Labute approximate surface area is 311 Å². The first-order valence-corrected chi connectivity index (χ1v) is 22.9. The molecule has 0 saturated carbocycles. The van der Waals surface area contributed by atoms with Gasteiger partial charge in [0.25, 0.3) is 8.32 Å². The summed E-state index contributed by atoms with van der Waals surface area (Å²) in [6.07, 6.45) is 38.6. The van der Waals surface area contributed by atoms with E-state index in [0.717, 1.165) is 45.1 Å². The van der Waals surface area contributed by atoms with Crippen LogP contribution in [0.1, 0.15) is 182 Å². The summed E-state index contributed by atoms with van der Waals surface area (Å²) >= 11 is 0. The van der Waals surface area contributed by atoms with Gasteiger partial charge in [0.1, 0.15) is 5.78 Å². The zero-order valence-electron chi connectivity index (χ0n) is 33.1. The first-order valence-electron chi connectivity index (χ1n) is 21.0. The molecule has 0 aliphatic heterocycles. The Morgan fingerprint density at radius 1 is 0.540 bits per heavy atom. The lowest BCUT2D eigenvalue weighted by atomic mass is 10.0. The molecule has 2 aromatic rings. The maximum atomic E-state index is 12.3. The summed E-state index contributed by atoms with van der Waals surface area (Å²) in [6.45, 7) is 10.2. The molecular formula is C47H76O2Si. The first kappa shape index (κ1) is 43.9. The van der Waals surface area contributed by atoms with Gasteiger partial charge in [0.15, 0.2) is 0 Å². The van der Waals surface area contributed by atoms with Crippen molar-refractivity contribution in [3.63, 3.8) is 0 Å². The molecule has 50 heavy (non-hydrogen) atoms. The number of Topliss-reactive ketones (excluding diaryl/α,β-unsaturated/α-hetero) is 1. The lowest BCUT2D eigenvalue weighted by molar-refractivity contribution is -0.119. The molecule has 0 unspecified atom stereocenters. The van der Waals surface area contributed by atoms with Crippen molar-refractivity contribution in [2.45, 2.75) is 187 Å². The van der Waals surface area contributed by atoms with Crippen molar-refractivity contribution in [1.82, 2.24) is 0 Å². The summed E-state index contributed by atoms with van der Waals surface area (Å²) in [6, 6.07) is 22.0. The van der Waals surface area contributed by atoms with Crippen LogP contribution in [-0.4, -0.2) is 20.7 Å². The second-order valence-electron chi connectivity index (χ2n) is 15.7. The highest BCUT2D eigenvalue weighted by Crippen LogP contribution is 2.36. The van der Waals surface area contributed by atoms with E-state index in [2.05, 4.69) is 113 Å². The van der Waals surface area contributed by atoms with E-state index in [1.807, 2.05) is 0 Å². The summed E-state index contributed by atoms with van der Waals surface area (Å²) in [5, 5.41) is 2.79. The lowest BCUT2D eigenvalue weighted by Crippen LogP contribution is -2.66. The molecule has 2 nitrogen and oxygen atoms in total. The van der Waals surface area contributed by atoms with E-state index in [0.29, 0.717) is 5.78 Å². The number of unbranched alkanes of at least 4 members (excludes halogenated alkanes) is 18. The second-order valence-corrected chi connectivity index (χ2v) is 20.0. The molecule has 0 saturated heterocycles. The van der Waals surface area contributed by atoms with Crippen molar-refractivity contribution in [2.75, 3.05) is 6.61 Å². The van der Waals surface area contributed by atoms with Gasteiger partial charge in [-0.2, -0.15) is 0 Å². The highest BCUT2D eigenvalue weighted by molar-refractivity contribution is 6.99. The standard InChI is InChI=1S/C47H76O2Si/c1-5-6-7-8-9-10-11-12-13-14-15-16-19-22-25-30-37-44(48)38-31-26-23-20-17-18-21-24-27-36-43-49-50(47(2,3)4,45-39-32-28-33-40-45)46-41-34-29-35-42-46/h9-10,12-13,28-29,32-35,39-42H,5-8,11,14-27,30-31,36-38,43H2,1-4H3. The maximum Gasteiger partial charge on any atom is 0.261 e. The van der Waals surface area contributed by atoms with Gasteiger partial charge in [-0.3, -0.25) is 4.79 Å². The van der Waals surface area contributed by atoms with Crippen molar-refractivity contribution < 1.29 is 9.22 Å². The van der Waals surface area contributed by atoms with Gasteiger partial charge in [-0.15, -0.1) is 0 Å². The molecule has 2 rings (SSSR count). The zero-order valence-corrected chi connectivity index (χ0v) is 34.1. The normalized spacial score (nSPS) is 12.4. The van der Waals surface area contributed by atoms with E-state index in [1.165, 1.54) is 126 Å². The summed E-state index contributed by atoms with van der Waals surface area (Å²) in [4.78, 5) is 12.3. The number of allylic oxidation sites excluding steroid dienone is 4. The Balaban J connectivity index is 1.41. The number of ketones is 1. The molecule has 3 heteroatoms. The van der Waals surface area contributed by atoms with Crippen LogP contribution in [0.4, 0.5) is 0 Å². The topological polar surface area (TPSA) is 26.3 Å². The SMILES string of the molecule is CCCCCC=CCC=CCCCCCCCCC(=O)CCCCCCCCCCCCO[Si](c1ccccc1)(c1ccccc1)C(C)(C)C. The highest BCUT2D eigenvalue weighted by atomic mass is 28.4. The molecule has 0 fully saturated rings. The quantitative estimate of drug-likeness (QED) is 0.0445. The van der Waals surface area contributed by atoms with Crippen LogP contribution in [0, 0.1) is 0 Å². The molecule has 0 bridgehead atoms. The minimum Gasteiger partial charge on any atom is -0.407 e. The van der Waals surface area contributed by atoms with E-state index in [-0.39, 0.29) is 5.04 Å². The fourth-order valence-corrected chi connectivity index (χ4v) is 11.9. The second kappa shape index (κ2) is 28.4. The van der Waals surface area contributed by atoms with Crippen LogP contribution < -0.4 is 10.4 Å². The third-order valence-corrected chi connectivity index (χ3v) is 15.3. The Kier molecular flexibility index (Phi) is 24.9. The monoisotopic (exact) mass is 701 g/mol. The van der Waals surface area contributed by atoms with E-state index < -0.39 is 8.32 Å². The summed E-state index contributed by atoms with van der Waals surface area (Å²) in [5.41, 5.74) is 0. The third kappa shape index (κ3) is 18.8. The van der Waals surface area contributed by atoms with Crippen LogP contribution in [0.15, 0.2) is 85.0 Å². The summed E-state index contributed by atoms with van der Waals surface area (Å²) in [7, 11) is -2.40. The van der Waals surface area contributed by atoms with Gasteiger partial charge >= 0.3 is 0 Å². The average molecular weight is 701 g/mol. The van der Waals surface area contributed by atoms with Crippen molar-refractivity contribution in [1.29, 1.82) is 0 Å². The Morgan fingerprint density at radius 3 is 1.38 bits per heavy atom. The molecule has 0 spiro atoms. The average Bonchev–Trinajstić information content (AvgIpc) is 3.12. The van der Waals surface area contributed by atoms with Crippen LogP contribution in [0.3, 0.4) is 0 Å². The van der Waals surface area contributed by atoms with E-state index in [4.69, 9.17) is 4.43 Å². The molecule has 0 atom stereocenters. The lowest BCUT2D eigenvalue weighted by Gasteiger charge is -2.43. The first-order chi connectivity index (χ1) is 24.4. The highest BCUT2D eigenvalue weighted by Gasteiger charge is 2.49.